The van der Waals surface area contributed by atoms with Gasteiger partial charge in [0, 0.05) is 0 Å². The topological polar surface area (TPSA) is 0 Å². The van der Waals surface area contributed by atoms with Gasteiger partial charge in [-0.25, -0.2) is 0 Å². The summed E-state index contributed by atoms with van der Waals surface area (Å²) >= 11 is 4.30. The molecule has 0 aliphatic rings. The third-order valence-corrected chi connectivity index (χ3v) is 5.17. The van der Waals surface area contributed by atoms with Crippen molar-refractivity contribution in [3.8, 4) is 0 Å². The van der Waals surface area contributed by atoms with Crippen molar-refractivity contribution in [2.24, 2.45) is 0 Å². The van der Waals surface area contributed by atoms with Crippen LogP contribution in [0.5, 0.6) is 0 Å². The van der Waals surface area contributed by atoms with Crippen molar-refractivity contribution in [3.05, 3.63) is 0 Å². The largest absolute Gasteiger partial charge is 0.162 e. The first-order chi connectivity index (χ1) is 8.41. The molecule has 0 fully saturated rings. The van der Waals surface area contributed by atoms with Gasteiger partial charge in [-0.1, -0.05) is 46.0 Å². The maximum absolute atomic E-state index is 2.28. The van der Waals surface area contributed by atoms with E-state index in [0.29, 0.717) is 0 Å². The number of hydrogen-bond acceptors (Lipinski definition) is 2. The van der Waals surface area contributed by atoms with Crippen molar-refractivity contribution in [1.29, 1.82) is 0 Å². The van der Waals surface area contributed by atoms with E-state index in [1.54, 1.807) is 0 Å². The van der Waals surface area contributed by atoms with Crippen LogP contribution in [-0.4, -0.2) is 23.0 Å². The summed E-state index contributed by atoms with van der Waals surface area (Å²) in [5.74, 6) is 5.55. The molecule has 0 heterocycles. The fraction of sp³-hybridized carbons (Fsp3) is 1.00. The molecule has 0 radical (unpaired) electrons. The lowest BCUT2D eigenvalue weighted by Crippen LogP contribution is -1.87. The molecule has 0 aromatic heterocycles. The first-order valence-electron chi connectivity index (χ1n) is 7.57. The average molecular weight is 277 g/mol. The molecule has 0 spiro atoms. The number of thioether (sulfide) groups is 2. The van der Waals surface area contributed by atoms with E-state index < -0.39 is 0 Å². The Morgan fingerprint density at radius 1 is 0.471 bits per heavy atom. The predicted octanol–water partition coefficient (Wildman–Crippen LogP) is 6.00. The molecule has 17 heavy (non-hydrogen) atoms. The second kappa shape index (κ2) is 16.7. The lowest BCUT2D eigenvalue weighted by molar-refractivity contribution is 0.662. The van der Waals surface area contributed by atoms with Gasteiger partial charge in [0.25, 0.3) is 0 Å². The second-order valence-electron chi connectivity index (χ2n) is 4.70. The van der Waals surface area contributed by atoms with Crippen molar-refractivity contribution in [3.63, 3.8) is 0 Å². The first-order valence-corrected chi connectivity index (χ1v) is 9.88. The van der Waals surface area contributed by atoms with Gasteiger partial charge in [0.1, 0.15) is 0 Å². The van der Waals surface area contributed by atoms with Crippen LogP contribution in [0.4, 0.5) is 0 Å². The average Bonchev–Trinajstić information content (AvgIpc) is 2.35. The molecule has 2 heteroatoms. The summed E-state index contributed by atoms with van der Waals surface area (Å²) in [6.07, 6.45) is 12.8. The van der Waals surface area contributed by atoms with Crippen molar-refractivity contribution >= 4 is 23.5 Å². The van der Waals surface area contributed by atoms with Crippen LogP contribution >= 0.6 is 23.5 Å². The Labute approximate surface area is 118 Å². The number of rotatable bonds is 14. The summed E-state index contributed by atoms with van der Waals surface area (Å²) in [6, 6.07) is 0. The first kappa shape index (κ1) is 17.7. The highest BCUT2D eigenvalue weighted by Crippen LogP contribution is 2.12. The van der Waals surface area contributed by atoms with E-state index >= 15 is 0 Å². The van der Waals surface area contributed by atoms with E-state index in [0.717, 1.165) is 0 Å². The SMILES string of the molecule is CCCCSCCCCCCCSCCCC. The van der Waals surface area contributed by atoms with Gasteiger partial charge in [-0.15, -0.1) is 0 Å². The molecule has 0 N–H and O–H groups in total. The molecule has 0 aromatic rings. The third-order valence-electron chi connectivity index (χ3n) is 2.86. The molecule has 0 unspecified atom stereocenters. The molecule has 0 amide bonds. The van der Waals surface area contributed by atoms with Crippen molar-refractivity contribution in [2.75, 3.05) is 23.0 Å². The molecule has 0 saturated heterocycles. The van der Waals surface area contributed by atoms with Crippen molar-refractivity contribution in [2.45, 2.75) is 71.6 Å². The van der Waals surface area contributed by atoms with Crippen molar-refractivity contribution < 1.29 is 0 Å². The normalized spacial score (nSPS) is 10.9. The van der Waals surface area contributed by atoms with E-state index in [4.69, 9.17) is 0 Å². The van der Waals surface area contributed by atoms with Gasteiger partial charge >= 0.3 is 0 Å². The second-order valence-corrected chi connectivity index (χ2v) is 7.15. The summed E-state index contributed by atoms with van der Waals surface area (Å²) in [7, 11) is 0. The van der Waals surface area contributed by atoms with Gasteiger partial charge in [0.2, 0.25) is 0 Å². The van der Waals surface area contributed by atoms with Gasteiger partial charge in [-0.3, -0.25) is 0 Å². The fourth-order valence-corrected chi connectivity index (χ4v) is 3.85. The van der Waals surface area contributed by atoms with Crippen LogP contribution in [0.2, 0.25) is 0 Å². The minimum Gasteiger partial charge on any atom is -0.162 e. The predicted molar refractivity (Wildman–Crippen MR) is 87.6 cm³/mol. The Morgan fingerprint density at radius 2 is 0.824 bits per heavy atom. The Hall–Kier alpha value is 0.700. The van der Waals surface area contributed by atoms with Gasteiger partial charge in [-0.2, -0.15) is 23.5 Å². The quantitative estimate of drug-likeness (QED) is 0.357. The highest BCUT2D eigenvalue weighted by molar-refractivity contribution is 7.99. The summed E-state index contributed by atoms with van der Waals surface area (Å²) in [6.45, 7) is 4.55. The monoisotopic (exact) mass is 276 g/mol. The van der Waals surface area contributed by atoms with Crippen LogP contribution in [0.1, 0.15) is 71.6 Å². The standard InChI is InChI=1S/C15H32S2/c1-3-5-12-16-14-10-8-7-9-11-15-17-13-6-4-2/h3-15H2,1-2H3. The summed E-state index contributed by atoms with van der Waals surface area (Å²) < 4.78 is 0. The molecule has 0 rings (SSSR count). The van der Waals surface area contributed by atoms with Gasteiger partial charge < -0.3 is 0 Å². The smallest absolute Gasteiger partial charge is 0.00675 e. The Bertz CT molecular complexity index is 112. The van der Waals surface area contributed by atoms with Crippen LogP contribution in [-0.2, 0) is 0 Å². The maximum atomic E-state index is 2.28. The Balaban J connectivity index is 2.85. The Kier molecular flexibility index (Phi) is 17.4. The molecule has 0 nitrogen and oxygen atoms in total. The zero-order valence-corrected chi connectivity index (χ0v) is 13.6. The van der Waals surface area contributed by atoms with Crippen molar-refractivity contribution in [1.82, 2.24) is 0 Å². The molecule has 0 saturated carbocycles. The third kappa shape index (κ3) is 16.7. The van der Waals surface area contributed by atoms with Crippen LogP contribution in [0.25, 0.3) is 0 Å². The van der Waals surface area contributed by atoms with Crippen LogP contribution < -0.4 is 0 Å². The van der Waals surface area contributed by atoms with Gasteiger partial charge in [0.05, 0.1) is 0 Å². The van der Waals surface area contributed by atoms with Crippen LogP contribution in [0.15, 0.2) is 0 Å². The van der Waals surface area contributed by atoms with Gasteiger partial charge in [0.15, 0.2) is 0 Å². The minimum atomic E-state index is 1.35. The van der Waals surface area contributed by atoms with E-state index in [-0.39, 0.29) is 0 Å². The van der Waals surface area contributed by atoms with Gasteiger partial charge in [-0.05, 0) is 48.7 Å². The minimum absolute atomic E-state index is 1.35. The molecule has 104 valence electrons. The summed E-state index contributed by atoms with van der Waals surface area (Å²) in [5, 5.41) is 0. The highest BCUT2D eigenvalue weighted by atomic mass is 32.2. The zero-order valence-electron chi connectivity index (χ0n) is 12.0. The van der Waals surface area contributed by atoms with Crippen LogP contribution in [0, 0.1) is 0 Å². The van der Waals surface area contributed by atoms with E-state index in [1.165, 1.54) is 80.8 Å². The van der Waals surface area contributed by atoms with E-state index in [9.17, 15) is 0 Å². The molecule has 0 atom stereocenters. The molecule has 0 aliphatic carbocycles. The molecule has 0 aromatic carbocycles. The van der Waals surface area contributed by atoms with E-state index in [2.05, 4.69) is 37.4 Å². The zero-order chi connectivity index (χ0) is 12.6. The lowest BCUT2D eigenvalue weighted by atomic mass is 10.2. The molecular weight excluding hydrogens is 244 g/mol. The molecule has 0 bridgehead atoms. The fourth-order valence-electron chi connectivity index (χ4n) is 1.64. The lowest BCUT2D eigenvalue weighted by Gasteiger charge is -2.02. The Morgan fingerprint density at radius 3 is 1.24 bits per heavy atom. The number of unbranched alkanes of at least 4 members (excludes halogenated alkanes) is 6. The maximum Gasteiger partial charge on any atom is -0.00675 e. The summed E-state index contributed by atoms with van der Waals surface area (Å²) in [5.41, 5.74) is 0. The van der Waals surface area contributed by atoms with E-state index in [1.807, 2.05) is 0 Å². The summed E-state index contributed by atoms with van der Waals surface area (Å²) in [4.78, 5) is 0. The molecular formula is C15H32S2. The molecule has 0 aliphatic heterocycles. The highest BCUT2D eigenvalue weighted by Gasteiger charge is 1.93. The van der Waals surface area contributed by atoms with Crippen LogP contribution in [0.3, 0.4) is 0 Å². The number of hydrogen-bond donors (Lipinski definition) is 0.